The normalized spacial score (nSPS) is 19.8. The van der Waals surface area contributed by atoms with Crippen molar-refractivity contribution in [2.75, 3.05) is 31.1 Å². The topological polar surface area (TPSA) is 52.7 Å². The van der Waals surface area contributed by atoms with Gasteiger partial charge in [0.15, 0.2) is 0 Å². The summed E-state index contributed by atoms with van der Waals surface area (Å²) in [6.07, 6.45) is 7.83. The number of likely N-dealkylation sites (tertiary alicyclic amines) is 1. The van der Waals surface area contributed by atoms with Gasteiger partial charge in [0.05, 0.1) is 10.6 Å². The van der Waals surface area contributed by atoms with Crippen molar-refractivity contribution in [2.45, 2.75) is 50.0 Å². The molecule has 2 heterocycles. The van der Waals surface area contributed by atoms with Gasteiger partial charge in [-0.3, -0.25) is 14.5 Å². The van der Waals surface area contributed by atoms with E-state index in [0.29, 0.717) is 22.5 Å². The highest BCUT2D eigenvalue weighted by atomic mass is 35.5. The number of thioether (sulfide) groups is 1. The number of halogens is 1. The zero-order valence-corrected chi connectivity index (χ0v) is 21.2. The molecule has 0 aliphatic carbocycles. The lowest BCUT2D eigenvalue weighted by Crippen LogP contribution is -2.44. The molecule has 0 saturated carbocycles. The van der Waals surface area contributed by atoms with Crippen LogP contribution in [0.4, 0.5) is 5.69 Å². The number of rotatable bonds is 8. The van der Waals surface area contributed by atoms with E-state index < -0.39 is 0 Å². The first-order valence-corrected chi connectivity index (χ1v) is 13.3. The fourth-order valence-corrected chi connectivity index (χ4v) is 5.84. The van der Waals surface area contributed by atoms with Gasteiger partial charge in [0, 0.05) is 29.0 Å². The Morgan fingerprint density at radius 1 is 1.18 bits per heavy atom. The predicted molar refractivity (Wildman–Crippen MR) is 141 cm³/mol. The number of anilines is 1. The molecular formula is C27H32ClN3O2S. The Balaban J connectivity index is 1.38. The van der Waals surface area contributed by atoms with Gasteiger partial charge in [0.1, 0.15) is 6.54 Å². The summed E-state index contributed by atoms with van der Waals surface area (Å²) >= 11 is 7.43. The zero-order valence-electron chi connectivity index (χ0n) is 19.6. The molecule has 2 aromatic rings. The Kier molecular flexibility index (Phi) is 8.70. The highest BCUT2D eigenvalue weighted by molar-refractivity contribution is 8.04. The average Bonchev–Trinajstić information content (AvgIpc) is 2.86. The van der Waals surface area contributed by atoms with Gasteiger partial charge >= 0.3 is 0 Å². The SMILES string of the molecule is CC[C@@H]1CCCCN1CCCNC(=O)CN1C(=O)/C(=C\c2ccc(Cl)cc2)Sc2ccccc21. The molecule has 5 nitrogen and oxygen atoms in total. The van der Waals surface area contributed by atoms with Gasteiger partial charge in [0.2, 0.25) is 5.91 Å². The molecule has 0 radical (unpaired) electrons. The second kappa shape index (κ2) is 11.9. The van der Waals surface area contributed by atoms with Gasteiger partial charge in [-0.25, -0.2) is 0 Å². The first-order valence-electron chi connectivity index (χ1n) is 12.1. The van der Waals surface area contributed by atoms with Gasteiger partial charge in [-0.15, -0.1) is 0 Å². The Bertz CT molecular complexity index is 1040. The number of amides is 2. The van der Waals surface area contributed by atoms with Crippen LogP contribution < -0.4 is 10.2 Å². The summed E-state index contributed by atoms with van der Waals surface area (Å²) in [5, 5.41) is 3.68. The monoisotopic (exact) mass is 497 g/mol. The second-order valence-electron chi connectivity index (χ2n) is 8.82. The summed E-state index contributed by atoms with van der Waals surface area (Å²) in [7, 11) is 0. The molecule has 2 amide bonds. The smallest absolute Gasteiger partial charge is 0.265 e. The van der Waals surface area contributed by atoms with E-state index in [1.165, 1.54) is 37.4 Å². The van der Waals surface area contributed by atoms with Crippen LogP contribution in [0, 0.1) is 0 Å². The van der Waals surface area contributed by atoms with Crippen molar-refractivity contribution in [3.63, 3.8) is 0 Å². The van der Waals surface area contributed by atoms with Crippen molar-refractivity contribution in [2.24, 2.45) is 0 Å². The summed E-state index contributed by atoms with van der Waals surface area (Å²) in [6, 6.07) is 15.8. The van der Waals surface area contributed by atoms with Crippen LogP contribution in [-0.4, -0.2) is 48.9 Å². The van der Waals surface area contributed by atoms with E-state index in [4.69, 9.17) is 11.6 Å². The van der Waals surface area contributed by atoms with Gasteiger partial charge in [-0.1, -0.05) is 61.0 Å². The van der Waals surface area contributed by atoms with Crippen molar-refractivity contribution < 1.29 is 9.59 Å². The summed E-state index contributed by atoms with van der Waals surface area (Å²) in [6.45, 7) is 5.06. The van der Waals surface area contributed by atoms with Gasteiger partial charge < -0.3 is 10.2 Å². The molecule has 2 aliphatic rings. The number of fused-ring (bicyclic) bond motifs is 1. The molecule has 1 fully saturated rings. The van der Waals surface area contributed by atoms with E-state index in [1.54, 1.807) is 17.0 Å². The van der Waals surface area contributed by atoms with Crippen molar-refractivity contribution >= 4 is 46.9 Å². The minimum Gasteiger partial charge on any atom is -0.355 e. The number of carbonyl (C=O) groups excluding carboxylic acids is 2. The van der Waals surface area contributed by atoms with Crippen LogP contribution >= 0.6 is 23.4 Å². The van der Waals surface area contributed by atoms with E-state index in [2.05, 4.69) is 17.1 Å². The van der Waals surface area contributed by atoms with E-state index in [-0.39, 0.29) is 18.4 Å². The van der Waals surface area contributed by atoms with Crippen molar-refractivity contribution in [1.29, 1.82) is 0 Å². The van der Waals surface area contributed by atoms with Crippen LogP contribution in [0.2, 0.25) is 5.02 Å². The van der Waals surface area contributed by atoms with E-state index in [9.17, 15) is 9.59 Å². The summed E-state index contributed by atoms with van der Waals surface area (Å²) in [4.78, 5) is 31.8. The lowest BCUT2D eigenvalue weighted by molar-refractivity contribution is -0.122. The molecule has 1 atom stereocenters. The lowest BCUT2D eigenvalue weighted by Gasteiger charge is -2.35. The second-order valence-corrected chi connectivity index (χ2v) is 10.3. The van der Waals surface area contributed by atoms with E-state index in [0.717, 1.165) is 35.7 Å². The summed E-state index contributed by atoms with van der Waals surface area (Å²) < 4.78 is 0. The third-order valence-corrected chi connectivity index (χ3v) is 7.80. The number of para-hydroxylation sites is 1. The molecule has 2 aromatic carbocycles. The van der Waals surface area contributed by atoms with Gasteiger partial charge in [-0.05, 0) is 68.1 Å². The van der Waals surface area contributed by atoms with E-state index >= 15 is 0 Å². The van der Waals surface area contributed by atoms with Gasteiger partial charge in [-0.2, -0.15) is 0 Å². The Labute approximate surface area is 211 Å². The van der Waals surface area contributed by atoms with Crippen molar-refractivity contribution in [3.05, 3.63) is 64.0 Å². The average molecular weight is 498 g/mol. The molecule has 180 valence electrons. The predicted octanol–water partition coefficient (Wildman–Crippen LogP) is 5.59. The number of hydrogen-bond acceptors (Lipinski definition) is 4. The molecule has 34 heavy (non-hydrogen) atoms. The molecular weight excluding hydrogens is 466 g/mol. The highest BCUT2D eigenvalue weighted by Gasteiger charge is 2.30. The number of benzene rings is 2. The van der Waals surface area contributed by atoms with Gasteiger partial charge in [0.25, 0.3) is 5.91 Å². The first-order chi connectivity index (χ1) is 16.5. The standard InChI is InChI=1S/C27H32ClN3O2S/c1-2-22-8-5-6-16-30(22)17-7-15-29-26(32)19-31-23-9-3-4-10-24(23)34-25(27(31)33)18-20-11-13-21(28)14-12-20/h3-4,9-14,18,22H,2,5-8,15-17,19H2,1H3,(H,29,32)/b25-18+/t22-/m1/s1. The fraction of sp³-hybridized carbons (Fsp3) is 0.407. The van der Waals surface area contributed by atoms with Crippen LogP contribution in [-0.2, 0) is 9.59 Å². The molecule has 0 aromatic heterocycles. The molecule has 7 heteroatoms. The molecule has 2 aliphatic heterocycles. The minimum atomic E-state index is -0.159. The zero-order chi connectivity index (χ0) is 23.9. The molecule has 0 spiro atoms. The number of nitrogens with one attached hydrogen (secondary N) is 1. The maximum Gasteiger partial charge on any atom is 0.265 e. The number of hydrogen-bond donors (Lipinski definition) is 1. The van der Waals surface area contributed by atoms with Crippen LogP contribution in [0.25, 0.3) is 6.08 Å². The summed E-state index contributed by atoms with van der Waals surface area (Å²) in [5.41, 5.74) is 1.67. The maximum atomic E-state index is 13.3. The number of nitrogens with zero attached hydrogens (tertiary/aromatic N) is 2. The Morgan fingerprint density at radius 3 is 2.76 bits per heavy atom. The number of carbonyl (C=O) groups is 2. The maximum absolute atomic E-state index is 13.3. The van der Waals surface area contributed by atoms with Crippen LogP contribution in [0.15, 0.2) is 58.3 Å². The first kappa shape index (κ1) is 24.8. The summed E-state index contributed by atoms with van der Waals surface area (Å²) in [5.74, 6) is -0.292. The molecule has 4 rings (SSSR count). The van der Waals surface area contributed by atoms with Crippen molar-refractivity contribution in [1.82, 2.24) is 10.2 Å². The third kappa shape index (κ3) is 6.23. The largest absolute Gasteiger partial charge is 0.355 e. The van der Waals surface area contributed by atoms with Crippen molar-refractivity contribution in [3.8, 4) is 0 Å². The van der Waals surface area contributed by atoms with E-state index in [1.807, 2.05) is 42.5 Å². The Hall–Kier alpha value is -2.28. The number of piperidine rings is 1. The highest BCUT2D eigenvalue weighted by Crippen LogP contribution is 2.41. The molecule has 1 saturated heterocycles. The van der Waals surface area contributed by atoms with Crippen LogP contribution in [0.5, 0.6) is 0 Å². The van der Waals surface area contributed by atoms with Crippen LogP contribution in [0.3, 0.4) is 0 Å². The molecule has 1 N–H and O–H groups in total. The molecule has 0 bridgehead atoms. The molecule has 0 unspecified atom stereocenters. The minimum absolute atomic E-state index is 0.00959. The quantitative estimate of drug-likeness (QED) is 0.381. The lowest BCUT2D eigenvalue weighted by atomic mass is 10.00. The Morgan fingerprint density at radius 2 is 1.97 bits per heavy atom. The van der Waals surface area contributed by atoms with Crippen LogP contribution in [0.1, 0.15) is 44.6 Å². The fourth-order valence-electron chi connectivity index (χ4n) is 4.66. The third-order valence-electron chi connectivity index (χ3n) is 6.47.